The lowest BCUT2D eigenvalue weighted by Crippen LogP contribution is -2.29. The summed E-state index contributed by atoms with van der Waals surface area (Å²) in [6.45, 7) is 14.1. The van der Waals surface area contributed by atoms with Crippen LogP contribution in [0.1, 0.15) is 76.5 Å². The molecule has 0 saturated carbocycles. The van der Waals surface area contributed by atoms with E-state index in [-0.39, 0.29) is 0 Å². The van der Waals surface area contributed by atoms with Crippen molar-refractivity contribution < 1.29 is 0 Å². The molecule has 0 heterocycles. The van der Waals surface area contributed by atoms with E-state index >= 15 is 0 Å². The number of hydrogen-bond donors (Lipinski definition) is 2. The number of nitrogens with one attached hydrogen (secondary N) is 2. The van der Waals surface area contributed by atoms with Crippen molar-refractivity contribution in [2.24, 2.45) is 5.92 Å². The summed E-state index contributed by atoms with van der Waals surface area (Å²) < 4.78 is 0. The molecule has 0 saturated heterocycles. The van der Waals surface area contributed by atoms with Crippen LogP contribution in [-0.4, -0.2) is 13.6 Å². The number of aryl methyl sites for hydroxylation is 2. The zero-order valence-corrected chi connectivity index (χ0v) is 20.0. The number of hydrogen-bond acceptors (Lipinski definition) is 2. The molecule has 2 N–H and O–H groups in total. The predicted molar refractivity (Wildman–Crippen MR) is 130 cm³/mol. The molecule has 0 aromatic heterocycles. The normalized spacial score (nSPS) is 14.4. The highest BCUT2D eigenvalue weighted by Crippen LogP contribution is 2.23. The van der Waals surface area contributed by atoms with Gasteiger partial charge in [0.1, 0.15) is 0 Å². The fraction of sp³-hybridized carbons (Fsp3) is 0.556. The highest BCUT2D eigenvalue weighted by Gasteiger charge is 2.10. The Labute approximate surface area is 180 Å². The van der Waals surface area contributed by atoms with Crippen LogP contribution in [0.3, 0.4) is 0 Å². The minimum Gasteiger partial charge on any atom is -0.261 e. The van der Waals surface area contributed by atoms with Crippen LogP contribution in [0.4, 0.5) is 0 Å². The van der Waals surface area contributed by atoms with Crippen molar-refractivity contribution in [1.29, 1.82) is 0 Å². The molecule has 0 spiro atoms. The molecule has 0 amide bonds. The summed E-state index contributed by atoms with van der Waals surface area (Å²) in [6.07, 6.45) is 14.4. The second-order valence-corrected chi connectivity index (χ2v) is 8.52. The summed E-state index contributed by atoms with van der Waals surface area (Å²) in [7, 11) is 1.92. The summed E-state index contributed by atoms with van der Waals surface area (Å²) >= 11 is 0. The maximum atomic E-state index is 3.22. The topological polar surface area (TPSA) is 24.1 Å². The van der Waals surface area contributed by atoms with Crippen molar-refractivity contribution >= 4 is 0 Å². The lowest BCUT2D eigenvalue weighted by Gasteiger charge is -2.17. The van der Waals surface area contributed by atoms with E-state index in [9.17, 15) is 0 Å². The van der Waals surface area contributed by atoms with Gasteiger partial charge in [-0.05, 0) is 95.5 Å². The largest absolute Gasteiger partial charge is 0.261 e. The van der Waals surface area contributed by atoms with Crippen molar-refractivity contribution in [2.75, 3.05) is 13.6 Å². The van der Waals surface area contributed by atoms with Crippen molar-refractivity contribution in [1.82, 2.24) is 10.9 Å². The highest BCUT2D eigenvalue weighted by atomic mass is 15.3. The van der Waals surface area contributed by atoms with Gasteiger partial charge in [0.2, 0.25) is 0 Å². The summed E-state index contributed by atoms with van der Waals surface area (Å²) in [5.74, 6) is 0.793. The Hall–Kier alpha value is -1.64. The van der Waals surface area contributed by atoms with Crippen LogP contribution in [0.2, 0.25) is 0 Å². The second-order valence-electron chi connectivity index (χ2n) is 8.52. The van der Waals surface area contributed by atoms with Gasteiger partial charge in [-0.3, -0.25) is 10.9 Å². The molecule has 2 nitrogen and oxygen atoms in total. The maximum absolute atomic E-state index is 3.22. The van der Waals surface area contributed by atoms with Crippen LogP contribution in [0, 0.1) is 19.8 Å². The van der Waals surface area contributed by atoms with E-state index in [0.717, 1.165) is 12.5 Å². The van der Waals surface area contributed by atoms with Crippen LogP contribution in [0.25, 0.3) is 0 Å². The van der Waals surface area contributed by atoms with E-state index in [4.69, 9.17) is 0 Å². The monoisotopic (exact) mass is 396 g/mol. The molecule has 1 atom stereocenters. The minimum absolute atomic E-state index is 0.793. The average molecular weight is 397 g/mol. The molecule has 1 rings (SSSR count). The predicted octanol–water partition coefficient (Wildman–Crippen LogP) is 7.00. The first kappa shape index (κ1) is 25.4. The van der Waals surface area contributed by atoms with Gasteiger partial charge in [0.25, 0.3) is 0 Å². The van der Waals surface area contributed by atoms with Crippen molar-refractivity contribution in [2.45, 2.75) is 80.1 Å². The highest BCUT2D eigenvalue weighted by molar-refractivity contribution is 5.32. The van der Waals surface area contributed by atoms with Gasteiger partial charge in [0.15, 0.2) is 0 Å². The number of hydrazine groups is 1. The molecular weight excluding hydrogens is 352 g/mol. The molecule has 0 aliphatic heterocycles. The third-order valence-electron chi connectivity index (χ3n) is 5.75. The summed E-state index contributed by atoms with van der Waals surface area (Å²) in [4.78, 5) is 0. The number of rotatable bonds is 13. The lowest BCUT2D eigenvalue weighted by atomic mass is 9.88. The molecule has 1 aromatic carbocycles. The summed E-state index contributed by atoms with van der Waals surface area (Å²) in [5, 5.41) is 0. The Bertz CT molecular complexity index is 694. The molecule has 1 unspecified atom stereocenters. The Morgan fingerprint density at radius 1 is 1.07 bits per heavy atom. The standard InChI is InChI=1S/C27H44N2/c1-8-11-25(19-26-15-14-23(5)24(6)18-26)13-10-12-22(4)17-27(20-29-28-7)16-21(3)9-2/h9,14-18,25,28-29H,8,10-13,19-20H2,1-7H3/b21-9+,22-17-,27-16+. The molecule has 162 valence electrons. The summed E-state index contributed by atoms with van der Waals surface area (Å²) in [5.41, 5.74) is 14.7. The Kier molecular flexibility index (Phi) is 12.6. The quantitative estimate of drug-likeness (QED) is 0.277. The molecule has 2 heteroatoms. The van der Waals surface area contributed by atoms with E-state index in [2.05, 4.69) is 88.8 Å². The van der Waals surface area contributed by atoms with Gasteiger partial charge in [-0.25, -0.2) is 0 Å². The third kappa shape index (κ3) is 10.6. The van der Waals surface area contributed by atoms with Gasteiger partial charge in [0, 0.05) is 6.54 Å². The van der Waals surface area contributed by atoms with E-state index in [0.29, 0.717) is 0 Å². The minimum atomic E-state index is 0.793. The summed E-state index contributed by atoms with van der Waals surface area (Å²) in [6, 6.07) is 6.99. The van der Waals surface area contributed by atoms with Crippen LogP contribution in [0.5, 0.6) is 0 Å². The van der Waals surface area contributed by atoms with Gasteiger partial charge in [-0.1, -0.05) is 67.3 Å². The average Bonchev–Trinajstić information content (AvgIpc) is 2.68. The second kappa shape index (κ2) is 14.4. The molecule has 0 bridgehead atoms. The first-order valence-electron chi connectivity index (χ1n) is 11.4. The van der Waals surface area contributed by atoms with Crippen LogP contribution >= 0.6 is 0 Å². The molecule has 0 radical (unpaired) electrons. The van der Waals surface area contributed by atoms with Crippen molar-refractivity contribution in [3.05, 3.63) is 69.8 Å². The third-order valence-corrected chi connectivity index (χ3v) is 5.75. The van der Waals surface area contributed by atoms with Crippen molar-refractivity contribution in [3.8, 4) is 0 Å². The number of allylic oxidation sites excluding steroid dienone is 4. The van der Waals surface area contributed by atoms with Crippen LogP contribution in [0.15, 0.2) is 53.1 Å². The molecule has 0 aliphatic rings. The number of benzene rings is 1. The van der Waals surface area contributed by atoms with E-state index in [1.165, 1.54) is 71.9 Å². The lowest BCUT2D eigenvalue weighted by molar-refractivity contribution is 0.429. The zero-order chi connectivity index (χ0) is 21.6. The van der Waals surface area contributed by atoms with E-state index in [1.807, 2.05) is 7.05 Å². The van der Waals surface area contributed by atoms with Gasteiger partial charge >= 0.3 is 0 Å². The molecule has 1 aromatic rings. The first-order chi connectivity index (χ1) is 13.9. The Balaban J connectivity index is 2.66. The van der Waals surface area contributed by atoms with Gasteiger partial charge in [0.05, 0.1) is 0 Å². The van der Waals surface area contributed by atoms with E-state index in [1.54, 1.807) is 0 Å². The fourth-order valence-electron chi connectivity index (χ4n) is 3.79. The first-order valence-corrected chi connectivity index (χ1v) is 11.4. The SMILES string of the molecule is C/C=C(C)/C=C(\C=C(\C)CCCC(CCC)Cc1ccc(C)c(C)c1)CNNC. The van der Waals surface area contributed by atoms with Gasteiger partial charge in [-0.2, -0.15) is 0 Å². The Morgan fingerprint density at radius 2 is 1.83 bits per heavy atom. The molecule has 0 fully saturated rings. The fourth-order valence-corrected chi connectivity index (χ4v) is 3.79. The maximum Gasteiger partial charge on any atom is 0.0351 e. The van der Waals surface area contributed by atoms with Crippen molar-refractivity contribution in [3.63, 3.8) is 0 Å². The smallest absolute Gasteiger partial charge is 0.0351 e. The van der Waals surface area contributed by atoms with Gasteiger partial charge < -0.3 is 0 Å². The molecule has 29 heavy (non-hydrogen) atoms. The molecular formula is C27H44N2. The molecule has 0 aliphatic carbocycles. The van der Waals surface area contributed by atoms with E-state index < -0.39 is 0 Å². The zero-order valence-electron chi connectivity index (χ0n) is 20.0. The Morgan fingerprint density at radius 3 is 2.45 bits per heavy atom. The van der Waals surface area contributed by atoms with Crippen LogP contribution in [-0.2, 0) is 6.42 Å². The van der Waals surface area contributed by atoms with Gasteiger partial charge in [-0.15, -0.1) is 0 Å². The van der Waals surface area contributed by atoms with Crippen LogP contribution < -0.4 is 10.9 Å².